The van der Waals surface area contributed by atoms with Gasteiger partial charge in [-0.15, -0.1) is 0 Å². The average molecular weight is 319 g/mol. The number of rotatable bonds is 7. The Labute approximate surface area is 121 Å². The molecule has 1 saturated carbocycles. The number of nitrogens with two attached hydrogens (primary N) is 1. The number of sulfonamides is 1. The fraction of sp³-hybridized carbons (Fsp3) is 0.636. The van der Waals surface area contributed by atoms with Crippen LogP contribution in [-0.2, 0) is 10.0 Å². The van der Waals surface area contributed by atoms with E-state index >= 15 is 0 Å². The minimum absolute atomic E-state index is 0.0360. The van der Waals surface area contributed by atoms with E-state index in [1.807, 2.05) is 6.92 Å². The van der Waals surface area contributed by atoms with Crippen LogP contribution in [0.15, 0.2) is 10.3 Å². The van der Waals surface area contributed by atoms with Crippen molar-refractivity contribution in [3.8, 4) is 0 Å². The highest BCUT2D eigenvalue weighted by Crippen LogP contribution is 2.39. The zero-order valence-electron chi connectivity index (χ0n) is 11.1. The molecule has 0 atom stereocenters. The first-order valence-electron chi connectivity index (χ1n) is 6.43. The van der Waals surface area contributed by atoms with E-state index in [4.69, 9.17) is 5.73 Å². The molecule has 0 aromatic carbocycles. The second kappa shape index (κ2) is 5.66. The summed E-state index contributed by atoms with van der Waals surface area (Å²) in [6.45, 7) is 2.45. The van der Waals surface area contributed by atoms with E-state index in [1.54, 1.807) is 0 Å². The van der Waals surface area contributed by atoms with Crippen molar-refractivity contribution in [1.82, 2.24) is 4.31 Å². The number of hydrogen-bond donors (Lipinski definition) is 1. The third-order valence-corrected chi connectivity index (χ3v) is 6.52. The number of nitro groups is 1. The molecule has 0 amide bonds. The zero-order chi connectivity index (χ0) is 14.9. The summed E-state index contributed by atoms with van der Waals surface area (Å²) < 4.78 is 26.6. The van der Waals surface area contributed by atoms with Gasteiger partial charge in [0.15, 0.2) is 5.00 Å². The normalized spacial score (nSPS) is 15.7. The number of thiophene rings is 1. The van der Waals surface area contributed by atoms with Crippen LogP contribution in [0.3, 0.4) is 0 Å². The first-order valence-corrected chi connectivity index (χ1v) is 8.69. The van der Waals surface area contributed by atoms with E-state index in [0.717, 1.165) is 43.1 Å². The van der Waals surface area contributed by atoms with Gasteiger partial charge in [-0.1, -0.05) is 24.7 Å². The summed E-state index contributed by atoms with van der Waals surface area (Å²) in [6, 6.07) is 1.10. The summed E-state index contributed by atoms with van der Waals surface area (Å²) in [5.74, 6) is 0. The van der Waals surface area contributed by atoms with Crippen LogP contribution in [0.1, 0.15) is 32.6 Å². The maximum atomic E-state index is 12.6. The predicted molar refractivity (Wildman–Crippen MR) is 77.2 cm³/mol. The van der Waals surface area contributed by atoms with Gasteiger partial charge in [0.2, 0.25) is 0 Å². The monoisotopic (exact) mass is 319 g/mol. The number of nitrogens with zero attached hydrogens (tertiary/aromatic N) is 2. The van der Waals surface area contributed by atoms with Crippen molar-refractivity contribution in [1.29, 1.82) is 0 Å². The number of anilines is 1. The number of hydrogen-bond acceptors (Lipinski definition) is 6. The lowest BCUT2D eigenvalue weighted by Gasteiger charge is -2.20. The largest absolute Gasteiger partial charge is 0.385 e. The Bertz CT molecular complexity index is 607. The molecule has 112 valence electrons. The van der Waals surface area contributed by atoms with E-state index in [-0.39, 0.29) is 20.9 Å². The van der Waals surface area contributed by atoms with Gasteiger partial charge in [-0.05, 0) is 19.3 Å². The molecule has 20 heavy (non-hydrogen) atoms. The lowest BCUT2D eigenvalue weighted by molar-refractivity contribution is -0.383. The van der Waals surface area contributed by atoms with Crippen LogP contribution in [0.4, 0.5) is 10.7 Å². The standard InChI is InChI=1S/C11H17N3O4S2/c1-2-3-6-13(8-4-5-8)20(17,18)10-7-9(14(15)16)11(12)19-10/h7-8H,2-6,12H2,1H3. The molecule has 7 nitrogen and oxygen atoms in total. The Kier molecular flexibility index (Phi) is 4.31. The van der Waals surface area contributed by atoms with Crippen molar-refractivity contribution in [2.24, 2.45) is 0 Å². The molecule has 2 N–H and O–H groups in total. The third kappa shape index (κ3) is 2.94. The molecule has 0 radical (unpaired) electrons. The van der Waals surface area contributed by atoms with Crippen LogP contribution in [0.5, 0.6) is 0 Å². The van der Waals surface area contributed by atoms with Gasteiger partial charge in [0.05, 0.1) is 4.92 Å². The maximum Gasteiger partial charge on any atom is 0.304 e. The van der Waals surface area contributed by atoms with E-state index in [0.29, 0.717) is 6.54 Å². The van der Waals surface area contributed by atoms with Crippen molar-refractivity contribution in [3.63, 3.8) is 0 Å². The molecule has 0 aliphatic heterocycles. The zero-order valence-corrected chi connectivity index (χ0v) is 12.7. The molecule has 1 aromatic rings. The maximum absolute atomic E-state index is 12.6. The van der Waals surface area contributed by atoms with Crippen LogP contribution in [-0.4, -0.2) is 30.2 Å². The molecule has 0 unspecified atom stereocenters. The van der Waals surface area contributed by atoms with Gasteiger partial charge in [0, 0.05) is 18.7 Å². The smallest absolute Gasteiger partial charge is 0.304 e. The third-order valence-electron chi connectivity index (χ3n) is 3.16. The van der Waals surface area contributed by atoms with E-state index in [9.17, 15) is 18.5 Å². The van der Waals surface area contributed by atoms with Crippen LogP contribution in [0.25, 0.3) is 0 Å². The Hall–Kier alpha value is -1.19. The fourth-order valence-electron chi connectivity index (χ4n) is 1.93. The van der Waals surface area contributed by atoms with Gasteiger partial charge in [-0.3, -0.25) is 10.1 Å². The number of nitrogen functional groups attached to an aromatic ring is 1. The van der Waals surface area contributed by atoms with Gasteiger partial charge in [0.25, 0.3) is 10.0 Å². The molecule has 1 heterocycles. The van der Waals surface area contributed by atoms with Gasteiger partial charge in [0.1, 0.15) is 4.21 Å². The Morgan fingerprint density at radius 1 is 1.55 bits per heavy atom. The van der Waals surface area contributed by atoms with Crippen molar-refractivity contribution in [2.45, 2.75) is 42.9 Å². The number of unbranched alkanes of at least 4 members (excludes halogenated alkanes) is 1. The SMILES string of the molecule is CCCCN(C1CC1)S(=O)(=O)c1cc([N+](=O)[O-])c(N)s1. The van der Waals surface area contributed by atoms with Crippen LogP contribution in [0.2, 0.25) is 0 Å². The van der Waals surface area contributed by atoms with Gasteiger partial charge in [-0.25, -0.2) is 8.42 Å². The summed E-state index contributed by atoms with van der Waals surface area (Å²) in [5.41, 5.74) is 5.19. The quantitative estimate of drug-likeness (QED) is 0.612. The highest BCUT2D eigenvalue weighted by molar-refractivity contribution is 7.91. The van der Waals surface area contributed by atoms with Gasteiger partial charge in [-0.2, -0.15) is 4.31 Å². The molecule has 1 aliphatic rings. The van der Waals surface area contributed by atoms with E-state index < -0.39 is 14.9 Å². The minimum Gasteiger partial charge on any atom is -0.385 e. The lowest BCUT2D eigenvalue weighted by Crippen LogP contribution is -2.33. The summed E-state index contributed by atoms with van der Waals surface area (Å²) in [4.78, 5) is 10.1. The highest BCUT2D eigenvalue weighted by Gasteiger charge is 2.39. The van der Waals surface area contributed by atoms with Gasteiger partial charge >= 0.3 is 5.69 Å². The van der Waals surface area contributed by atoms with Crippen LogP contribution >= 0.6 is 11.3 Å². The van der Waals surface area contributed by atoms with Gasteiger partial charge < -0.3 is 5.73 Å². The molecule has 0 saturated heterocycles. The van der Waals surface area contributed by atoms with Crippen molar-refractivity contribution < 1.29 is 13.3 Å². The summed E-state index contributed by atoms with van der Waals surface area (Å²) in [5, 5.41) is 10.7. The first-order chi connectivity index (χ1) is 9.37. The van der Waals surface area contributed by atoms with E-state index in [2.05, 4.69) is 0 Å². The molecule has 1 fully saturated rings. The topological polar surface area (TPSA) is 107 Å². The lowest BCUT2D eigenvalue weighted by atomic mass is 10.3. The Morgan fingerprint density at radius 2 is 2.20 bits per heavy atom. The second-order valence-corrected chi connectivity index (χ2v) is 7.97. The molecule has 0 bridgehead atoms. The first kappa shape index (κ1) is 15.2. The van der Waals surface area contributed by atoms with Crippen LogP contribution in [0, 0.1) is 10.1 Å². The highest BCUT2D eigenvalue weighted by atomic mass is 32.2. The van der Waals surface area contributed by atoms with Crippen LogP contribution < -0.4 is 5.73 Å². The molecule has 9 heteroatoms. The van der Waals surface area contributed by atoms with E-state index in [1.165, 1.54) is 4.31 Å². The molecule has 1 aromatic heterocycles. The fourth-order valence-corrected chi connectivity index (χ4v) is 5.00. The molecular formula is C11H17N3O4S2. The summed E-state index contributed by atoms with van der Waals surface area (Å²) >= 11 is 0.763. The Balaban J connectivity index is 2.32. The average Bonchev–Trinajstić information content (AvgIpc) is 3.10. The summed E-state index contributed by atoms with van der Waals surface area (Å²) in [7, 11) is -3.68. The van der Waals surface area contributed by atoms with Crippen molar-refractivity contribution in [2.75, 3.05) is 12.3 Å². The predicted octanol–water partition coefficient (Wildman–Crippen LogP) is 2.19. The van der Waals surface area contributed by atoms with Crippen molar-refractivity contribution in [3.05, 3.63) is 16.2 Å². The molecule has 0 spiro atoms. The second-order valence-electron chi connectivity index (χ2n) is 4.77. The summed E-state index contributed by atoms with van der Waals surface area (Å²) in [6.07, 6.45) is 3.38. The minimum atomic E-state index is -3.68. The Morgan fingerprint density at radius 3 is 2.65 bits per heavy atom. The molecule has 1 aliphatic carbocycles. The van der Waals surface area contributed by atoms with Crippen molar-refractivity contribution >= 4 is 32.0 Å². The molecule has 2 rings (SSSR count). The molecular weight excluding hydrogens is 302 g/mol.